The summed E-state index contributed by atoms with van der Waals surface area (Å²) in [6.07, 6.45) is 3.49. The smallest absolute Gasteiger partial charge is 0.306 e. The van der Waals surface area contributed by atoms with Gasteiger partial charge in [0.2, 0.25) is 0 Å². The molecule has 0 aromatic carbocycles. The Balaban J connectivity index is 3.35. The predicted octanol–water partition coefficient (Wildman–Crippen LogP) is 2.36. The first-order valence-corrected chi connectivity index (χ1v) is 5.47. The van der Waals surface area contributed by atoms with Crippen LogP contribution in [0.1, 0.15) is 52.4 Å². The van der Waals surface area contributed by atoms with Crippen molar-refractivity contribution in [1.82, 2.24) is 0 Å². The van der Waals surface area contributed by atoms with Crippen molar-refractivity contribution in [3.05, 3.63) is 0 Å². The molecule has 1 unspecified atom stereocenters. The molecule has 4 nitrogen and oxygen atoms in total. The van der Waals surface area contributed by atoms with Gasteiger partial charge in [0.05, 0.1) is 6.10 Å². The maximum Gasteiger partial charge on any atom is 0.306 e. The van der Waals surface area contributed by atoms with E-state index in [4.69, 9.17) is 9.84 Å². The summed E-state index contributed by atoms with van der Waals surface area (Å²) in [5.74, 6) is -0.961. The van der Waals surface area contributed by atoms with Gasteiger partial charge in [0.15, 0.2) is 0 Å². The van der Waals surface area contributed by atoms with Crippen LogP contribution in [0.25, 0.3) is 0 Å². The normalized spacial score (nSPS) is 12.1. The van der Waals surface area contributed by atoms with E-state index in [2.05, 4.69) is 0 Å². The van der Waals surface area contributed by atoms with Crippen LogP contribution in [-0.4, -0.2) is 23.1 Å². The molecule has 0 aromatic heterocycles. The molecule has 1 atom stereocenters. The molecule has 0 bridgehead atoms. The minimum atomic E-state index is -0.780. The summed E-state index contributed by atoms with van der Waals surface area (Å²) < 4.78 is 5.07. The van der Waals surface area contributed by atoms with Crippen LogP contribution in [0.15, 0.2) is 0 Å². The average molecular weight is 216 g/mol. The highest BCUT2D eigenvalue weighted by molar-refractivity contribution is 5.69. The lowest BCUT2D eigenvalue weighted by Crippen LogP contribution is -2.13. The monoisotopic (exact) mass is 216 g/mol. The Labute approximate surface area is 90.6 Å². The highest BCUT2D eigenvalue weighted by Gasteiger charge is 2.07. The molecule has 0 saturated heterocycles. The number of carbonyl (C=O) groups excluding carboxylic acids is 1. The highest BCUT2D eigenvalue weighted by Crippen LogP contribution is 2.06. The van der Waals surface area contributed by atoms with Crippen LogP contribution in [0.5, 0.6) is 0 Å². The topological polar surface area (TPSA) is 63.6 Å². The summed E-state index contributed by atoms with van der Waals surface area (Å²) in [4.78, 5) is 21.4. The van der Waals surface area contributed by atoms with Crippen molar-refractivity contribution in [2.24, 2.45) is 0 Å². The second-order valence-electron chi connectivity index (χ2n) is 3.66. The number of carboxylic acids is 1. The van der Waals surface area contributed by atoms with E-state index in [1.54, 1.807) is 0 Å². The van der Waals surface area contributed by atoms with Crippen LogP contribution < -0.4 is 0 Å². The first-order valence-electron chi connectivity index (χ1n) is 5.47. The first-order chi connectivity index (χ1) is 7.06. The minimum Gasteiger partial charge on any atom is -0.481 e. The average Bonchev–Trinajstić information content (AvgIpc) is 2.16. The zero-order valence-electron chi connectivity index (χ0n) is 9.49. The second kappa shape index (κ2) is 8.26. The van der Waals surface area contributed by atoms with Crippen molar-refractivity contribution in [2.45, 2.75) is 58.5 Å². The summed E-state index contributed by atoms with van der Waals surface area (Å²) in [5.41, 5.74) is 0. The van der Waals surface area contributed by atoms with Crippen molar-refractivity contribution in [2.75, 3.05) is 0 Å². The van der Waals surface area contributed by atoms with Gasteiger partial charge < -0.3 is 9.84 Å². The van der Waals surface area contributed by atoms with Crippen molar-refractivity contribution in [3.63, 3.8) is 0 Å². The standard InChI is InChI=1S/C11H20O4/c1-3-9(2)15-11(14)8-6-4-5-7-10(12)13/h9H,3-8H2,1-2H3,(H,12,13). The molecule has 0 aliphatic carbocycles. The summed E-state index contributed by atoms with van der Waals surface area (Å²) in [5, 5.41) is 8.38. The van der Waals surface area contributed by atoms with Gasteiger partial charge in [-0.05, 0) is 26.2 Å². The number of carboxylic acid groups (broad SMARTS) is 1. The van der Waals surface area contributed by atoms with Gasteiger partial charge in [0.25, 0.3) is 0 Å². The molecule has 0 aromatic rings. The number of hydrogen-bond donors (Lipinski definition) is 1. The largest absolute Gasteiger partial charge is 0.481 e. The summed E-state index contributed by atoms with van der Waals surface area (Å²) in [7, 11) is 0. The zero-order chi connectivity index (χ0) is 11.7. The summed E-state index contributed by atoms with van der Waals surface area (Å²) in [6.45, 7) is 3.83. The van der Waals surface area contributed by atoms with E-state index < -0.39 is 5.97 Å². The number of unbranched alkanes of at least 4 members (excludes halogenated alkanes) is 2. The molecule has 88 valence electrons. The van der Waals surface area contributed by atoms with Gasteiger partial charge in [-0.25, -0.2) is 0 Å². The Bertz CT molecular complexity index is 201. The van der Waals surface area contributed by atoms with E-state index in [9.17, 15) is 9.59 Å². The molecular formula is C11H20O4. The Morgan fingerprint density at radius 3 is 2.33 bits per heavy atom. The van der Waals surface area contributed by atoms with Gasteiger partial charge in [0.1, 0.15) is 0 Å². The molecule has 0 amide bonds. The molecule has 0 aliphatic heterocycles. The fourth-order valence-corrected chi connectivity index (χ4v) is 1.09. The van der Waals surface area contributed by atoms with Gasteiger partial charge in [-0.15, -0.1) is 0 Å². The molecule has 4 heteroatoms. The van der Waals surface area contributed by atoms with Gasteiger partial charge in [-0.1, -0.05) is 13.3 Å². The van der Waals surface area contributed by atoms with Gasteiger partial charge >= 0.3 is 11.9 Å². The van der Waals surface area contributed by atoms with Gasteiger partial charge in [0, 0.05) is 12.8 Å². The van der Waals surface area contributed by atoms with Gasteiger partial charge in [-0.3, -0.25) is 9.59 Å². The highest BCUT2D eigenvalue weighted by atomic mass is 16.5. The van der Waals surface area contributed by atoms with Crippen LogP contribution in [0.3, 0.4) is 0 Å². The number of esters is 1. The van der Waals surface area contributed by atoms with E-state index in [0.29, 0.717) is 19.3 Å². The Kier molecular flexibility index (Phi) is 7.68. The van der Waals surface area contributed by atoms with E-state index in [1.807, 2.05) is 13.8 Å². The van der Waals surface area contributed by atoms with E-state index in [-0.39, 0.29) is 18.5 Å². The molecule has 0 spiro atoms. The maximum absolute atomic E-state index is 11.2. The lowest BCUT2D eigenvalue weighted by molar-refractivity contribution is -0.148. The minimum absolute atomic E-state index is 0.0171. The number of hydrogen-bond acceptors (Lipinski definition) is 3. The number of aliphatic carboxylic acids is 1. The van der Waals surface area contributed by atoms with Crippen molar-refractivity contribution in [3.8, 4) is 0 Å². The van der Waals surface area contributed by atoms with Crippen LogP contribution >= 0.6 is 0 Å². The third-order valence-electron chi connectivity index (χ3n) is 2.18. The molecule has 0 aliphatic rings. The lowest BCUT2D eigenvalue weighted by Gasteiger charge is -2.10. The van der Waals surface area contributed by atoms with E-state index in [0.717, 1.165) is 12.8 Å². The SMILES string of the molecule is CCC(C)OC(=O)CCCCCC(=O)O. The Morgan fingerprint density at radius 1 is 1.20 bits per heavy atom. The quantitative estimate of drug-likeness (QED) is 0.499. The predicted molar refractivity (Wildman–Crippen MR) is 56.6 cm³/mol. The van der Waals surface area contributed by atoms with Crippen LogP contribution in [0, 0.1) is 0 Å². The van der Waals surface area contributed by atoms with Crippen LogP contribution in [0.2, 0.25) is 0 Å². The second-order valence-corrected chi connectivity index (χ2v) is 3.66. The molecule has 0 radical (unpaired) electrons. The fraction of sp³-hybridized carbons (Fsp3) is 0.818. The Hall–Kier alpha value is -1.06. The van der Waals surface area contributed by atoms with Gasteiger partial charge in [-0.2, -0.15) is 0 Å². The zero-order valence-corrected chi connectivity index (χ0v) is 9.49. The third kappa shape index (κ3) is 9.25. The number of rotatable bonds is 8. The van der Waals surface area contributed by atoms with Crippen LogP contribution in [-0.2, 0) is 14.3 Å². The van der Waals surface area contributed by atoms with Crippen molar-refractivity contribution in [1.29, 1.82) is 0 Å². The molecule has 0 heterocycles. The van der Waals surface area contributed by atoms with E-state index in [1.165, 1.54) is 0 Å². The molecule has 0 saturated carbocycles. The molecular weight excluding hydrogens is 196 g/mol. The number of ether oxygens (including phenoxy) is 1. The fourth-order valence-electron chi connectivity index (χ4n) is 1.09. The molecule has 15 heavy (non-hydrogen) atoms. The number of carbonyl (C=O) groups is 2. The third-order valence-corrected chi connectivity index (χ3v) is 2.18. The molecule has 0 fully saturated rings. The summed E-state index contributed by atoms with van der Waals surface area (Å²) in [6, 6.07) is 0. The summed E-state index contributed by atoms with van der Waals surface area (Å²) >= 11 is 0. The lowest BCUT2D eigenvalue weighted by atomic mass is 10.1. The van der Waals surface area contributed by atoms with Crippen molar-refractivity contribution < 1.29 is 19.4 Å². The Morgan fingerprint density at radius 2 is 1.80 bits per heavy atom. The molecule has 0 rings (SSSR count). The molecule has 1 N–H and O–H groups in total. The van der Waals surface area contributed by atoms with Crippen LogP contribution in [0.4, 0.5) is 0 Å². The van der Waals surface area contributed by atoms with Crippen molar-refractivity contribution >= 4 is 11.9 Å². The maximum atomic E-state index is 11.2. The first kappa shape index (κ1) is 13.9. The van der Waals surface area contributed by atoms with E-state index >= 15 is 0 Å².